The molecule has 1 aliphatic rings. The molecule has 0 spiro atoms. The molecule has 1 amide bonds. The quantitative estimate of drug-likeness (QED) is 0.547. The highest BCUT2D eigenvalue weighted by atomic mass is 32.3. The Balaban J connectivity index is 2.90. The molecule has 8 heteroatoms. The minimum atomic E-state index is -4.02. The van der Waals surface area contributed by atoms with E-state index in [9.17, 15) is 13.2 Å². The van der Waals surface area contributed by atoms with Crippen LogP contribution in [0.3, 0.4) is 0 Å². The van der Waals surface area contributed by atoms with Gasteiger partial charge in [-0.3, -0.25) is 4.79 Å². The minimum absolute atomic E-state index is 1.01. The third-order valence-corrected chi connectivity index (χ3v) is 2.19. The number of carbonyl (C=O) groups is 1. The molecule has 0 bridgehead atoms. The molecule has 1 aliphatic heterocycles. The first-order valence-electron chi connectivity index (χ1n) is 2.94. The smallest absolute Gasteiger partial charge is 0.364 e. The number of primary amides is 1. The van der Waals surface area contributed by atoms with E-state index in [1.807, 2.05) is 0 Å². The van der Waals surface area contributed by atoms with Gasteiger partial charge in [0.05, 0.1) is 0 Å². The number of rotatable bonds is 2. The zero-order valence-corrected chi connectivity index (χ0v) is 7.29. The Kier molecular flexibility index (Phi) is 1.87. The van der Waals surface area contributed by atoms with Gasteiger partial charge in [0, 0.05) is 0 Å². The Bertz CT molecular complexity index is 295. The number of carbonyl (C=O) groups excluding carboxylic acids is 1. The molecule has 1 fully saturated rings. The molecule has 1 saturated heterocycles. The Hall–Kier alpha value is -0.700. The van der Waals surface area contributed by atoms with E-state index >= 15 is 0 Å². The molecule has 0 aliphatic carbocycles. The van der Waals surface area contributed by atoms with Crippen molar-refractivity contribution in [1.82, 2.24) is 4.90 Å². The van der Waals surface area contributed by atoms with Gasteiger partial charge in [0.2, 0.25) is 0 Å². The van der Waals surface area contributed by atoms with E-state index in [0.29, 0.717) is 0 Å². The van der Waals surface area contributed by atoms with Crippen molar-refractivity contribution < 1.29 is 21.6 Å². The zero-order chi connectivity index (χ0) is 9.57. The standard InChI is InChI=1S/C4H8N2O5S/c1-6(2)4(3(5)7)10-12(8,9)11-4/h1-2H3,(H2,5,7). The maximum absolute atomic E-state index is 10.7. The van der Waals surface area contributed by atoms with Gasteiger partial charge >= 0.3 is 16.3 Å². The third kappa shape index (κ3) is 1.18. The van der Waals surface area contributed by atoms with Gasteiger partial charge in [-0.2, -0.15) is 16.8 Å². The summed E-state index contributed by atoms with van der Waals surface area (Å²) in [5.41, 5.74) is 4.86. The number of amides is 1. The van der Waals surface area contributed by atoms with Crippen LogP contribution in [0.2, 0.25) is 0 Å². The van der Waals surface area contributed by atoms with E-state index in [1.54, 1.807) is 0 Å². The molecule has 2 N–H and O–H groups in total. The van der Waals surface area contributed by atoms with Gasteiger partial charge in [-0.1, -0.05) is 0 Å². The molecule has 0 aromatic rings. The van der Waals surface area contributed by atoms with E-state index in [4.69, 9.17) is 5.73 Å². The maximum atomic E-state index is 10.7. The molecule has 1 heterocycles. The first kappa shape index (κ1) is 9.39. The Morgan fingerprint density at radius 3 is 1.92 bits per heavy atom. The summed E-state index contributed by atoms with van der Waals surface area (Å²) in [6.45, 7) is 0. The van der Waals surface area contributed by atoms with Crippen LogP contribution in [0.1, 0.15) is 0 Å². The summed E-state index contributed by atoms with van der Waals surface area (Å²) < 4.78 is 29.3. The number of hydrogen-bond donors (Lipinski definition) is 1. The molecule has 0 aromatic heterocycles. The summed E-state index contributed by atoms with van der Waals surface area (Å²) in [7, 11) is -1.22. The summed E-state index contributed by atoms with van der Waals surface area (Å²) >= 11 is 0. The monoisotopic (exact) mass is 196 g/mol. The van der Waals surface area contributed by atoms with Crippen LogP contribution in [0.4, 0.5) is 0 Å². The van der Waals surface area contributed by atoms with Gasteiger partial charge in [-0.25, -0.2) is 4.90 Å². The fourth-order valence-corrected chi connectivity index (χ4v) is 1.76. The van der Waals surface area contributed by atoms with Crippen molar-refractivity contribution in [2.24, 2.45) is 5.73 Å². The van der Waals surface area contributed by atoms with Crippen LogP contribution < -0.4 is 5.73 Å². The Labute approximate surface area is 69.4 Å². The first-order chi connectivity index (χ1) is 5.30. The molecule has 0 unspecified atom stereocenters. The second kappa shape index (κ2) is 2.39. The average molecular weight is 196 g/mol. The maximum Gasteiger partial charge on any atom is 0.408 e. The summed E-state index contributed by atoms with van der Waals surface area (Å²) in [5, 5.41) is 0. The van der Waals surface area contributed by atoms with Crippen molar-refractivity contribution in [2.45, 2.75) is 5.91 Å². The SMILES string of the molecule is CN(C)C1(C(N)=O)OS(=O)(=O)O1. The molecule has 0 radical (unpaired) electrons. The molecule has 1 rings (SSSR count). The van der Waals surface area contributed by atoms with Gasteiger partial charge < -0.3 is 5.73 Å². The third-order valence-electron chi connectivity index (χ3n) is 1.33. The van der Waals surface area contributed by atoms with Crippen LogP contribution in [-0.2, 0) is 23.6 Å². The van der Waals surface area contributed by atoms with Gasteiger partial charge in [0.1, 0.15) is 0 Å². The van der Waals surface area contributed by atoms with Crippen molar-refractivity contribution in [3.05, 3.63) is 0 Å². The topological polar surface area (TPSA) is 98.9 Å². The highest BCUT2D eigenvalue weighted by Gasteiger charge is 2.59. The van der Waals surface area contributed by atoms with Gasteiger partial charge in [-0.05, 0) is 14.1 Å². The van der Waals surface area contributed by atoms with Crippen molar-refractivity contribution >= 4 is 16.3 Å². The highest BCUT2D eigenvalue weighted by molar-refractivity contribution is 7.82. The molecular weight excluding hydrogens is 188 g/mol. The van der Waals surface area contributed by atoms with Crippen molar-refractivity contribution in [3.8, 4) is 0 Å². The first-order valence-corrected chi connectivity index (χ1v) is 4.27. The molecule has 70 valence electrons. The second-order valence-corrected chi connectivity index (χ2v) is 3.57. The minimum Gasteiger partial charge on any atom is -0.364 e. The van der Waals surface area contributed by atoms with Crippen LogP contribution in [0.25, 0.3) is 0 Å². The lowest BCUT2D eigenvalue weighted by Gasteiger charge is -2.39. The van der Waals surface area contributed by atoms with Crippen LogP contribution in [-0.4, -0.2) is 39.2 Å². The van der Waals surface area contributed by atoms with Gasteiger partial charge in [-0.15, -0.1) is 0 Å². The zero-order valence-electron chi connectivity index (χ0n) is 6.47. The fourth-order valence-electron chi connectivity index (χ4n) is 0.735. The highest BCUT2D eigenvalue weighted by Crippen LogP contribution is 2.31. The van der Waals surface area contributed by atoms with E-state index in [2.05, 4.69) is 8.37 Å². The van der Waals surface area contributed by atoms with Crippen molar-refractivity contribution in [3.63, 3.8) is 0 Å². The summed E-state index contributed by atoms with van der Waals surface area (Å²) in [5.74, 6) is -2.97. The second-order valence-electron chi connectivity index (χ2n) is 2.42. The van der Waals surface area contributed by atoms with Crippen molar-refractivity contribution in [1.29, 1.82) is 0 Å². The Morgan fingerprint density at radius 2 is 1.83 bits per heavy atom. The lowest BCUT2D eigenvalue weighted by molar-refractivity contribution is -0.250. The van der Waals surface area contributed by atoms with Crippen LogP contribution >= 0.6 is 0 Å². The normalized spacial score (nSPS) is 24.9. The number of hydrogen-bond acceptors (Lipinski definition) is 6. The van der Waals surface area contributed by atoms with E-state index in [1.165, 1.54) is 14.1 Å². The van der Waals surface area contributed by atoms with E-state index in [-0.39, 0.29) is 0 Å². The molecule has 12 heavy (non-hydrogen) atoms. The number of nitrogens with zero attached hydrogens (tertiary/aromatic N) is 1. The Morgan fingerprint density at radius 1 is 1.42 bits per heavy atom. The largest absolute Gasteiger partial charge is 0.408 e. The molecule has 7 nitrogen and oxygen atoms in total. The summed E-state index contributed by atoms with van der Waals surface area (Å²) in [6, 6.07) is 0. The van der Waals surface area contributed by atoms with E-state index in [0.717, 1.165) is 4.90 Å². The fraction of sp³-hybridized carbons (Fsp3) is 0.750. The molecule has 0 atom stereocenters. The predicted octanol–water partition coefficient (Wildman–Crippen LogP) is -2.02. The number of likely N-dealkylation sites (N-methyl/N-ethyl adjacent to an activating group) is 1. The lowest BCUT2D eigenvalue weighted by atomic mass is 10.4. The lowest BCUT2D eigenvalue weighted by Crippen LogP contribution is -2.66. The molecule has 0 saturated carbocycles. The van der Waals surface area contributed by atoms with E-state index < -0.39 is 22.2 Å². The van der Waals surface area contributed by atoms with Gasteiger partial charge in [0.15, 0.2) is 0 Å². The van der Waals surface area contributed by atoms with Crippen LogP contribution in [0.5, 0.6) is 0 Å². The summed E-state index contributed by atoms with van der Waals surface area (Å²) in [4.78, 5) is 11.8. The predicted molar refractivity (Wildman–Crippen MR) is 36.7 cm³/mol. The number of nitrogens with two attached hydrogens (primary N) is 1. The van der Waals surface area contributed by atoms with Gasteiger partial charge in [0.25, 0.3) is 5.91 Å². The van der Waals surface area contributed by atoms with Crippen LogP contribution in [0.15, 0.2) is 0 Å². The summed E-state index contributed by atoms with van der Waals surface area (Å²) in [6.07, 6.45) is 0. The average Bonchev–Trinajstić information content (AvgIpc) is 1.80. The molecular formula is C4H8N2O5S. The molecule has 0 aromatic carbocycles. The van der Waals surface area contributed by atoms with Crippen molar-refractivity contribution in [2.75, 3.05) is 14.1 Å². The van der Waals surface area contributed by atoms with Crippen LogP contribution in [0, 0.1) is 0 Å².